The van der Waals surface area contributed by atoms with Gasteiger partial charge in [-0.25, -0.2) is 8.42 Å². The van der Waals surface area contributed by atoms with Gasteiger partial charge in [-0.1, -0.05) is 0 Å². The first-order valence-electron chi connectivity index (χ1n) is 7.64. The molecule has 1 fully saturated rings. The van der Waals surface area contributed by atoms with Crippen molar-refractivity contribution in [2.24, 2.45) is 0 Å². The molecular weight excluding hydrogens is 332 g/mol. The summed E-state index contributed by atoms with van der Waals surface area (Å²) in [6, 6.07) is 5.28. The van der Waals surface area contributed by atoms with E-state index in [-0.39, 0.29) is 11.5 Å². The van der Waals surface area contributed by atoms with Gasteiger partial charge in [-0.05, 0) is 50.3 Å². The van der Waals surface area contributed by atoms with E-state index in [1.807, 2.05) is 19.9 Å². The first-order chi connectivity index (χ1) is 10.9. The monoisotopic (exact) mass is 352 g/mol. The van der Waals surface area contributed by atoms with Crippen LogP contribution in [0.1, 0.15) is 34.1 Å². The lowest BCUT2D eigenvalue weighted by Gasteiger charge is -2.31. The van der Waals surface area contributed by atoms with Crippen LogP contribution in [0.4, 0.5) is 0 Å². The summed E-state index contributed by atoms with van der Waals surface area (Å²) in [5.74, 6) is 0.244. The summed E-state index contributed by atoms with van der Waals surface area (Å²) in [4.78, 5) is 16.3. The number of rotatable bonds is 3. The Morgan fingerprint density at radius 2 is 1.91 bits per heavy atom. The van der Waals surface area contributed by atoms with Crippen LogP contribution in [-0.4, -0.2) is 30.8 Å². The molecule has 0 spiro atoms. The highest BCUT2D eigenvalue weighted by Crippen LogP contribution is 2.32. The van der Waals surface area contributed by atoms with Gasteiger partial charge in [0.1, 0.15) is 0 Å². The van der Waals surface area contributed by atoms with Crippen LogP contribution in [0.3, 0.4) is 0 Å². The summed E-state index contributed by atoms with van der Waals surface area (Å²) in [6.45, 7) is 4.77. The van der Waals surface area contributed by atoms with Gasteiger partial charge in [0.25, 0.3) is 0 Å². The van der Waals surface area contributed by atoms with Crippen LogP contribution >= 0.6 is 11.3 Å². The molecule has 0 aliphatic carbocycles. The zero-order valence-electron chi connectivity index (χ0n) is 13.2. The van der Waals surface area contributed by atoms with E-state index in [4.69, 9.17) is 0 Å². The van der Waals surface area contributed by atoms with Gasteiger partial charge < -0.3 is 4.98 Å². The van der Waals surface area contributed by atoms with Crippen LogP contribution in [0, 0.1) is 13.8 Å². The second kappa shape index (κ2) is 6.22. The maximum atomic E-state index is 12.8. The second-order valence-electron chi connectivity index (χ2n) is 5.94. The highest BCUT2D eigenvalue weighted by atomic mass is 32.2. The molecule has 0 amide bonds. The van der Waals surface area contributed by atoms with Gasteiger partial charge in [0.15, 0.2) is 0 Å². The molecule has 1 N–H and O–H groups in total. The van der Waals surface area contributed by atoms with E-state index in [0.717, 1.165) is 28.2 Å². The zero-order valence-corrected chi connectivity index (χ0v) is 14.8. The summed E-state index contributed by atoms with van der Waals surface area (Å²) in [5, 5.41) is 0. The van der Waals surface area contributed by atoms with Gasteiger partial charge in [-0.3, -0.25) is 4.79 Å². The average molecular weight is 352 g/mol. The molecule has 1 aliphatic rings. The lowest BCUT2D eigenvalue weighted by atomic mass is 9.91. The maximum absolute atomic E-state index is 12.8. The van der Waals surface area contributed by atoms with Crippen LogP contribution in [0.15, 0.2) is 34.1 Å². The fraction of sp³-hybridized carbons (Fsp3) is 0.438. The molecule has 124 valence electrons. The molecule has 0 saturated carbocycles. The summed E-state index contributed by atoms with van der Waals surface area (Å²) in [6.07, 6.45) is 3.13. The third kappa shape index (κ3) is 3.27. The third-order valence-corrected chi connectivity index (χ3v) is 7.46. The van der Waals surface area contributed by atoms with Crippen LogP contribution in [-0.2, 0) is 10.0 Å². The van der Waals surface area contributed by atoms with Gasteiger partial charge in [0.05, 0.1) is 4.90 Å². The predicted octanol–water partition coefficient (Wildman–Crippen LogP) is 2.62. The van der Waals surface area contributed by atoms with Gasteiger partial charge >= 0.3 is 0 Å². The average Bonchev–Trinajstić information content (AvgIpc) is 2.87. The van der Waals surface area contributed by atoms with Crippen molar-refractivity contribution in [1.82, 2.24) is 9.29 Å². The first kappa shape index (κ1) is 16.4. The Kier molecular flexibility index (Phi) is 4.44. The van der Waals surface area contributed by atoms with E-state index in [2.05, 4.69) is 4.98 Å². The van der Waals surface area contributed by atoms with E-state index < -0.39 is 10.0 Å². The van der Waals surface area contributed by atoms with Gasteiger partial charge in [-0.15, -0.1) is 11.3 Å². The number of sulfonamides is 1. The summed E-state index contributed by atoms with van der Waals surface area (Å²) in [7, 11) is -3.41. The molecule has 2 aromatic heterocycles. The number of thiophene rings is 1. The number of aromatic amines is 1. The standard InChI is InChI=1S/C16H20N2O3S2/c1-11-9-15(12(2)22-11)23(20,21)18-7-4-13(5-8-18)14-3-6-17-16(19)10-14/h3,6,9-10,13H,4-5,7-8H2,1-2H3,(H,17,19). The van der Waals surface area contributed by atoms with E-state index in [9.17, 15) is 13.2 Å². The summed E-state index contributed by atoms with van der Waals surface area (Å²) in [5.41, 5.74) is 0.885. The molecule has 3 heterocycles. The van der Waals surface area contributed by atoms with Crippen molar-refractivity contribution in [3.63, 3.8) is 0 Å². The summed E-state index contributed by atoms with van der Waals surface area (Å²) < 4.78 is 27.2. The van der Waals surface area contributed by atoms with Crippen molar-refractivity contribution < 1.29 is 8.42 Å². The minimum atomic E-state index is -3.41. The van der Waals surface area contributed by atoms with E-state index in [0.29, 0.717) is 18.0 Å². The normalized spacial score (nSPS) is 17.5. The van der Waals surface area contributed by atoms with Gasteiger partial charge in [0.2, 0.25) is 15.6 Å². The molecule has 0 radical (unpaired) electrons. The number of nitrogens with zero attached hydrogens (tertiary/aromatic N) is 1. The molecule has 7 heteroatoms. The molecule has 0 bridgehead atoms. The van der Waals surface area contributed by atoms with Crippen LogP contribution in [0.2, 0.25) is 0 Å². The first-order valence-corrected chi connectivity index (χ1v) is 9.89. The number of pyridine rings is 1. The number of nitrogens with one attached hydrogen (secondary N) is 1. The van der Waals surface area contributed by atoms with E-state index in [1.54, 1.807) is 22.6 Å². The predicted molar refractivity (Wildman–Crippen MR) is 91.6 cm³/mol. The molecule has 1 aliphatic heterocycles. The Morgan fingerprint density at radius 1 is 1.22 bits per heavy atom. The van der Waals surface area contributed by atoms with Crippen molar-refractivity contribution in [1.29, 1.82) is 0 Å². The van der Waals surface area contributed by atoms with Crippen molar-refractivity contribution in [3.05, 3.63) is 50.1 Å². The fourth-order valence-electron chi connectivity index (χ4n) is 3.15. The molecule has 2 aromatic rings. The van der Waals surface area contributed by atoms with Gasteiger partial charge in [0, 0.05) is 35.1 Å². The molecule has 1 saturated heterocycles. The van der Waals surface area contributed by atoms with E-state index in [1.165, 1.54) is 11.3 Å². The molecule has 0 unspecified atom stereocenters. The molecule has 23 heavy (non-hydrogen) atoms. The van der Waals surface area contributed by atoms with Crippen molar-refractivity contribution in [3.8, 4) is 0 Å². The lowest BCUT2D eigenvalue weighted by Crippen LogP contribution is -2.38. The Bertz CT molecular complexity index is 859. The smallest absolute Gasteiger partial charge is 0.248 e. The zero-order chi connectivity index (χ0) is 16.6. The largest absolute Gasteiger partial charge is 0.329 e. The molecule has 0 aromatic carbocycles. The van der Waals surface area contributed by atoms with E-state index >= 15 is 0 Å². The van der Waals surface area contributed by atoms with Crippen LogP contribution < -0.4 is 5.56 Å². The van der Waals surface area contributed by atoms with Crippen LogP contribution in [0.25, 0.3) is 0 Å². The minimum Gasteiger partial charge on any atom is -0.329 e. The lowest BCUT2D eigenvalue weighted by molar-refractivity contribution is 0.319. The van der Waals surface area contributed by atoms with Gasteiger partial charge in [-0.2, -0.15) is 4.31 Å². The topological polar surface area (TPSA) is 70.2 Å². The Balaban J connectivity index is 1.76. The van der Waals surface area contributed by atoms with Crippen molar-refractivity contribution in [2.75, 3.05) is 13.1 Å². The molecule has 3 rings (SSSR count). The number of piperidine rings is 1. The number of aryl methyl sites for hydroxylation is 2. The fourth-order valence-corrected chi connectivity index (χ4v) is 6.14. The van der Waals surface area contributed by atoms with Crippen molar-refractivity contribution >= 4 is 21.4 Å². The molecule has 0 atom stereocenters. The molecular formula is C16H20N2O3S2. The Hall–Kier alpha value is -1.44. The van der Waals surface area contributed by atoms with Crippen LogP contribution in [0.5, 0.6) is 0 Å². The number of aromatic nitrogens is 1. The van der Waals surface area contributed by atoms with Crippen molar-refractivity contribution in [2.45, 2.75) is 37.5 Å². The third-order valence-electron chi connectivity index (χ3n) is 4.34. The SMILES string of the molecule is Cc1cc(S(=O)(=O)N2CCC(c3cc[nH]c(=O)c3)CC2)c(C)s1. The Labute approximate surface area is 140 Å². The number of H-pyrrole nitrogens is 1. The maximum Gasteiger partial charge on any atom is 0.248 e. The highest BCUT2D eigenvalue weighted by Gasteiger charge is 2.31. The molecule has 5 nitrogen and oxygen atoms in total. The summed E-state index contributed by atoms with van der Waals surface area (Å²) >= 11 is 1.52. The highest BCUT2D eigenvalue weighted by molar-refractivity contribution is 7.89. The number of hydrogen-bond donors (Lipinski definition) is 1. The Morgan fingerprint density at radius 3 is 2.48 bits per heavy atom. The second-order valence-corrected chi connectivity index (χ2v) is 9.31. The minimum absolute atomic E-state index is 0.109. The quantitative estimate of drug-likeness (QED) is 0.923. The number of hydrogen-bond acceptors (Lipinski definition) is 4.